The van der Waals surface area contributed by atoms with Crippen LogP contribution in [0.2, 0.25) is 0 Å². The minimum atomic E-state index is 0.369. The van der Waals surface area contributed by atoms with Crippen LogP contribution in [0.1, 0.15) is 30.7 Å². The Kier molecular flexibility index (Phi) is 4.04. The molecule has 0 aliphatic heterocycles. The minimum absolute atomic E-state index is 0.369. The molecule has 104 valence electrons. The van der Waals surface area contributed by atoms with Crippen LogP contribution in [0.15, 0.2) is 18.2 Å². The Morgan fingerprint density at radius 1 is 1.20 bits per heavy atom. The molecule has 0 saturated carbocycles. The van der Waals surface area contributed by atoms with E-state index in [0.717, 1.165) is 24.3 Å². The summed E-state index contributed by atoms with van der Waals surface area (Å²) in [5.74, 6) is 0.650. The third kappa shape index (κ3) is 2.50. The van der Waals surface area contributed by atoms with Crippen molar-refractivity contribution in [2.75, 3.05) is 18.0 Å². The second kappa shape index (κ2) is 5.74. The number of nitriles is 1. The minimum Gasteiger partial charge on any atom is -0.353 e. The van der Waals surface area contributed by atoms with Gasteiger partial charge in [0.05, 0.1) is 5.69 Å². The molecule has 0 aliphatic carbocycles. The van der Waals surface area contributed by atoms with Gasteiger partial charge in [-0.15, -0.1) is 15.0 Å². The standard InChI is InChI=1S/C15H19N5/c1-5-19(6-2)15-13(10-16)17-20(18-15)14-8-7-11(3)9-12(14)4/h7-9H,5-6H2,1-4H3. The molecule has 2 rings (SSSR count). The van der Waals surface area contributed by atoms with Crippen molar-refractivity contribution < 1.29 is 0 Å². The SMILES string of the molecule is CCN(CC)c1nn(-c2ccc(C)cc2C)nc1C#N. The predicted octanol–water partition coefficient (Wildman–Crippen LogP) is 2.60. The molecule has 0 amide bonds. The summed E-state index contributed by atoms with van der Waals surface area (Å²) in [5, 5.41) is 18.0. The first kappa shape index (κ1) is 14.1. The van der Waals surface area contributed by atoms with E-state index in [2.05, 4.69) is 29.3 Å². The molecule has 0 bridgehead atoms. The van der Waals surface area contributed by atoms with Gasteiger partial charge in [0.25, 0.3) is 0 Å². The van der Waals surface area contributed by atoms with E-state index in [1.54, 1.807) is 4.80 Å². The monoisotopic (exact) mass is 269 g/mol. The maximum absolute atomic E-state index is 9.24. The van der Waals surface area contributed by atoms with Crippen molar-refractivity contribution in [1.82, 2.24) is 15.0 Å². The fourth-order valence-corrected chi connectivity index (χ4v) is 2.24. The molecular weight excluding hydrogens is 250 g/mol. The van der Waals surface area contributed by atoms with Crippen LogP contribution in [0.5, 0.6) is 0 Å². The zero-order chi connectivity index (χ0) is 14.7. The van der Waals surface area contributed by atoms with Gasteiger partial charge >= 0.3 is 0 Å². The first-order valence-corrected chi connectivity index (χ1v) is 6.80. The van der Waals surface area contributed by atoms with E-state index < -0.39 is 0 Å². The van der Waals surface area contributed by atoms with Gasteiger partial charge in [0.1, 0.15) is 6.07 Å². The second-order valence-electron chi connectivity index (χ2n) is 4.74. The second-order valence-corrected chi connectivity index (χ2v) is 4.74. The molecule has 20 heavy (non-hydrogen) atoms. The van der Waals surface area contributed by atoms with Crippen molar-refractivity contribution in [1.29, 1.82) is 5.26 Å². The van der Waals surface area contributed by atoms with Crippen molar-refractivity contribution in [3.63, 3.8) is 0 Å². The Morgan fingerprint density at radius 2 is 1.90 bits per heavy atom. The van der Waals surface area contributed by atoms with Crippen molar-refractivity contribution in [2.45, 2.75) is 27.7 Å². The molecule has 0 atom stereocenters. The maximum atomic E-state index is 9.24. The quantitative estimate of drug-likeness (QED) is 0.856. The smallest absolute Gasteiger partial charge is 0.207 e. The molecule has 5 nitrogen and oxygen atoms in total. The number of hydrogen-bond acceptors (Lipinski definition) is 4. The Hall–Kier alpha value is -2.35. The van der Waals surface area contributed by atoms with Gasteiger partial charge in [-0.25, -0.2) is 0 Å². The zero-order valence-corrected chi connectivity index (χ0v) is 12.4. The highest BCUT2D eigenvalue weighted by atomic mass is 15.5. The fraction of sp³-hybridized carbons (Fsp3) is 0.400. The summed E-state index contributed by atoms with van der Waals surface area (Å²) in [5.41, 5.74) is 3.57. The van der Waals surface area contributed by atoms with E-state index >= 15 is 0 Å². The average Bonchev–Trinajstić information content (AvgIpc) is 2.84. The van der Waals surface area contributed by atoms with Crippen LogP contribution < -0.4 is 4.90 Å². The van der Waals surface area contributed by atoms with Gasteiger partial charge in [0.15, 0.2) is 5.82 Å². The lowest BCUT2D eigenvalue weighted by molar-refractivity contribution is 0.733. The summed E-state index contributed by atoms with van der Waals surface area (Å²) in [6.45, 7) is 9.76. The number of anilines is 1. The first-order valence-electron chi connectivity index (χ1n) is 6.80. The largest absolute Gasteiger partial charge is 0.353 e. The summed E-state index contributed by atoms with van der Waals surface area (Å²) < 4.78 is 0. The molecule has 0 unspecified atom stereocenters. The molecule has 0 aliphatic rings. The molecule has 1 aromatic heterocycles. The fourth-order valence-electron chi connectivity index (χ4n) is 2.24. The summed E-state index contributed by atoms with van der Waals surface area (Å²) in [7, 11) is 0. The number of aryl methyl sites for hydroxylation is 2. The van der Waals surface area contributed by atoms with Gasteiger partial charge < -0.3 is 4.90 Å². The van der Waals surface area contributed by atoms with Gasteiger partial charge in [-0.1, -0.05) is 17.7 Å². The average molecular weight is 269 g/mol. The van der Waals surface area contributed by atoms with Crippen molar-refractivity contribution in [3.8, 4) is 11.8 Å². The Balaban J connectivity index is 2.51. The lowest BCUT2D eigenvalue weighted by atomic mass is 10.1. The normalized spacial score (nSPS) is 10.3. The third-order valence-electron chi connectivity index (χ3n) is 3.33. The molecule has 2 aromatic rings. The molecule has 0 fully saturated rings. The molecule has 0 radical (unpaired) electrons. The van der Waals surface area contributed by atoms with E-state index in [1.807, 2.05) is 37.8 Å². The maximum Gasteiger partial charge on any atom is 0.207 e. The Labute approximate surface area is 119 Å². The number of rotatable bonds is 4. The number of nitrogens with zero attached hydrogens (tertiary/aromatic N) is 5. The van der Waals surface area contributed by atoms with Crippen LogP contribution in [-0.4, -0.2) is 28.1 Å². The van der Waals surface area contributed by atoms with Crippen molar-refractivity contribution in [2.24, 2.45) is 0 Å². The summed E-state index contributed by atoms with van der Waals surface area (Å²) in [6, 6.07) is 8.22. The van der Waals surface area contributed by atoms with Gasteiger partial charge in [-0.3, -0.25) is 0 Å². The molecule has 0 N–H and O–H groups in total. The molecule has 5 heteroatoms. The van der Waals surface area contributed by atoms with Crippen LogP contribution in [0.4, 0.5) is 5.82 Å². The molecular formula is C15H19N5. The topological polar surface area (TPSA) is 57.7 Å². The van der Waals surface area contributed by atoms with E-state index in [1.165, 1.54) is 5.56 Å². The van der Waals surface area contributed by atoms with Gasteiger partial charge in [0.2, 0.25) is 5.69 Å². The molecule has 0 spiro atoms. The Morgan fingerprint density at radius 3 is 2.45 bits per heavy atom. The number of aromatic nitrogens is 3. The van der Waals surface area contributed by atoms with E-state index in [0.29, 0.717) is 11.5 Å². The lowest BCUT2D eigenvalue weighted by Gasteiger charge is -2.16. The first-order chi connectivity index (χ1) is 9.60. The zero-order valence-electron chi connectivity index (χ0n) is 12.4. The predicted molar refractivity (Wildman–Crippen MR) is 79.1 cm³/mol. The summed E-state index contributed by atoms with van der Waals surface area (Å²) in [4.78, 5) is 3.59. The van der Waals surface area contributed by atoms with Gasteiger partial charge in [0, 0.05) is 13.1 Å². The molecule has 1 heterocycles. The van der Waals surface area contributed by atoms with Crippen LogP contribution in [0.3, 0.4) is 0 Å². The Bertz CT molecular complexity index is 647. The lowest BCUT2D eigenvalue weighted by Crippen LogP contribution is -2.23. The highest BCUT2D eigenvalue weighted by Gasteiger charge is 2.17. The van der Waals surface area contributed by atoms with Crippen LogP contribution in [-0.2, 0) is 0 Å². The summed E-state index contributed by atoms with van der Waals surface area (Å²) in [6.07, 6.45) is 0. The highest BCUT2D eigenvalue weighted by Crippen LogP contribution is 2.19. The molecule has 1 aromatic carbocycles. The van der Waals surface area contributed by atoms with E-state index in [-0.39, 0.29) is 0 Å². The van der Waals surface area contributed by atoms with Gasteiger partial charge in [-0.05, 0) is 39.3 Å². The van der Waals surface area contributed by atoms with E-state index in [9.17, 15) is 5.26 Å². The number of hydrogen-bond donors (Lipinski definition) is 0. The van der Waals surface area contributed by atoms with Crippen molar-refractivity contribution in [3.05, 3.63) is 35.0 Å². The number of benzene rings is 1. The summed E-state index contributed by atoms with van der Waals surface area (Å²) >= 11 is 0. The van der Waals surface area contributed by atoms with Crippen LogP contribution in [0.25, 0.3) is 5.69 Å². The molecule has 0 saturated heterocycles. The van der Waals surface area contributed by atoms with Crippen LogP contribution in [0, 0.1) is 25.2 Å². The van der Waals surface area contributed by atoms with Gasteiger partial charge in [-0.2, -0.15) is 5.26 Å². The van der Waals surface area contributed by atoms with E-state index in [4.69, 9.17) is 0 Å². The van der Waals surface area contributed by atoms with Crippen LogP contribution >= 0.6 is 0 Å². The highest BCUT2D eigenvalue weighted by molar-refractivity contribution is 5.51. The third-order valence-corrected chi connectivity index (χ3v) is 3.33. The van der Waals surface area contributed by atoms with Crippen molar-refractivity contribution >= 4 is 5.82 Å².